The Hall–Kier alpha value is -1.77. The molecular weight excluding hydrogens is 362 g/mol. The van der Waals surface area contributed by atoms with E-state index in [-0.39, 0.29) is 30.9 Å². The van der Waals surface area contributed by atoms with Gasteiger partial charge in [0, 0.05) is 46.9 Å². The molecule has 0 heterocycles. The number of carbonyl (C=O) groups excluding carboxylic acids is 4. The predicted molar refractivity (Wildman–Crippen MR) is 107 cm³/mol. The number of sulfone groups is 1. The summed E-state index contributed by atoms with van der Waals surface area (Å²) >= 11 is 0. The largest absolute Gasteiger partial charge is 0.469 e. The number of esters is 1. The summed E-state index contributed by atoms with van der Waals surface area (Å²) in [5.74, 6) is 0.269. The molecular formula is C17H39NO7S. The smallest absolute Gasteiger partial charge is 0.302 e. The number of methoxy groups -OCH3 is 1. The van der Waals surface area contributed by atoms with Crippen molar-refractivity contribution in [3.05, 3.63) is 0 Å². The Morgan fingerprint density at radius 1 is 0.885 bits per heavy atom. The molecule has 0 aliphatic carbocycles. The molecule has 9 heteroatoms. The van der Waals surface area contributed by atoms with Crippen LogP contribution in [0, 0.1) is 0 Å². The first kappa shape index (κ1) is 39.3. The molecule has 0 aromatic heterocycles. The normalized spacial score (nSPS) is 7.81. The third-order valence-corrected chi connectivity index (χ3v) is 1.42. The lowest BCUT2D eigenvalue weighted by Gasteiger charge is -2.02. The summed E-state index contributed by atoms with van der Waals surface area (Å²) in [5, 5.41) is 0. The molecule has 8 nitrogen and oxygen atoms in total. The van der Waals surface area contributed by atoms with Crippen molar-refractivity contribution in [2.24, 2.45) is 0 Å². The molecule has 0 spiro atoms. The highest BCUT2D eigenvalue weighted by atomic mass is 32.2. The molecule has 0 radical (unpaired) electrons. The fourth-order valence-electron chi connectivity index (χ4n) is 0. The van der Waals surface area contributed by atoms with Gasteiger partial charge in [-0.25, -0.2) is 8.42 Å². The third-order valence-electron chi connectivity index (χ3n) is 1.42. The summed E-state index contributed by atoms with van der Waals surface area (Å²) in [6.07, 6.45) is 2.99. The second-order valence-electron chi connectivity index (χ2n) is 5.22. The van der Waals surface area contributed by atoms with Crippen LogP contribution >= 0.6 is 0 Å². The van der Waals surface area contributed by atoms with Gasteiger partial charge in [0.25, 0.3) is 0 Å². The van der Waals surface area contributed by atoms with Gasteiger partial charge in [-0.15, -0.1) is 0 Å². The molecule has 26 heavy (non-hydrogen) atoms. The molecule has 0 saturated carbocycles. The maximum Gasteiger partial charge on any atom is 0.302 e. The maximum absolute atomic E-state index is 10.1. The second-order valence-corrected chi connectivity index (χ2v) is 7.50. The number of amides is 1. The van der Waals surface area contributed by atoms with Crippen LogP contribution in [0.3, 0.4) is 0 Å². The van der Waals surface area contributed by atoms with E-state index in [0.717, 1.165) is 12.5 Å². The average molecular weight is 402 g/mol. The zero-order chi connectivity index (χ0) is 21.8. The number of nitrogens with zero attached hydrogens (tertiary/aromatic N) is 1. The fourth-order valence-corrected chi connectivity index (χ4v) is 0. The number of carbonyl (C=O) groups is 4. The van der Waals surface area contributed by atoms with Crippen molar-refractivity contribution in [1.82, 2.24) is 4.90 Å². The third kappa shape index (κ3) is 258. The van der Waals surface area contributed by atoms with Gasteiger partial charge in [-0.05, 0) is 20.8 Å². The Labute approximate surface area is 160 Å². The monoisotopic (exact) mass is 401 g/mol. The molecule has 0 aromatic carbocycles. The van der Waals surface area contributed by atoms with Crippen LogP contribution in [-0.4, -0.2) is 70.5 Å². The minimum atomic E-state index is -2.67. The van der Waals surface area contributed by atoms with E-state index in [1.165, 1.54) is 39.7 Å². The molecule has 0 atom stereocenters. The lowest BCUT2D eigenvalue weighted by Crippen LogP contribution is -2.17. The van der Waals surface area contributed by atoms with Gasteiger partial charge in [-0.2, -0.15) is 0 Å². The van der Waals surface area contributed by atoms with Crippen molar-refractivity contribution in [2.75, 3.05) is 33.7 Å². The summed E-state index contributed by atoms with van der Waals surface area (Å²) in [4.78, 5) is 40.4. The van der Waals surface area contributed by atoms with E-state index < -0.39 is 9.84 Å². The first-order chi connectivity index (χ1) is 10.9. The highest BCUT2D eigenvalue weighted by Gasteiger charge is 1.87. The van der Waals surface area contributed by atoms with Gasteiger partial charge in [0.1, 0.15) is 21.4 Å². The van der Waals surface area contributed by atoms with Crippen LogP contribution < -0.4 is 0 Å². The van der Waals surface area contributed by atoms with Crippen molar-refractivity contribution in [2.45, 2.75) is 55.4 Å². The molecule has 160 valence electrons. The number of Topliss-reactive ketones (excluding diaryl/α,β-unsaturated/α-hetero) is 2. The van der Waals surface area contributed by atoms with Crippen LogP contribution in [0.15, 0.2) is 0 Å². The van der Waals surface area contributed by atoms with Crippen molar-refractivity contribution in [3.63, 3.8) is 0 Å². The maximum atomic E-state index is 10.1. The van der Waals surface area contributed by atoms with Gasteiger partial charge in [-0.1, -0.05) is 14.4 Å². The number of hydrogen-bond acceptors (Lipinski definition) is 7. The fraction of sp³-hybridized carbons (Fsp3) is 0.765. The SMILES string of the molecule is C.CC(=O)N(C)C.CC(C)=O.CCC(C)=O.COC(C)=O.CS(C)(=O)=O. The molecule has 0 rings (SSSR count). The van der Waals surface area contributed by atoms with E-state index in [0.29, 0.717) is 6.42 Å². The van der Waals surface area contributed by atoms with Gasteiger partial charge in [-0.3, -0.25) is 9.59 Å². The lowest BCUT2D eigenvalue weighted by molar-refractivity contribution is -0.138. The van der Waals surface area contributed by atoms with Crippen molar-refractivity contribution in [3.8, 4) is 0 Å². The summed E-state index contributed by atoms with van der Waals surface area (Å²) in [5.41, 5.74) is 0. The molecule has 1 amide bonds. The molecule has 0 aliphatic heterocycles. The number of ketones is 2. The standard InChI is InChI=1S/C4H9NO.C4H8O.C3H6O2.C3H6O.C2H6O2S.CH4/c1-4(6)5(2)3;1-3-4(2)5;1-3(4)5-2;1-3(2)4;1-5(2,3)4;/h1-3H3;3H2,1-2H3;1-2H3;1-2H3;1-2H3;1H4. The predicted octanol–water partition coefficient (Wildman–Crippen LogP) is 2.15. The first-order valence-electron chi connectivity index (χ1n) is 7.26. The molecule has 0 unspecified atom stereocenters. The molecule has 0 saturated heterocycles. The second kappa shape index (κ2) is 25.5. The van der Waals surface area contributed by atoms with E-state index in [1.54, 1.807) is 21.0 Å². The van der Waals surface area contributed by atoms with Gasteiger partial charge in [0.05, 0.1) is 7.11 Å². The number of hydrogen-bond donors (Lipinski definition) is 0. The van der Waals surface area contributed by atoms with Crippen LogP contribution in [-0.2, 0) is 33.8 Å². The van der Waals surface area contributed by atoms with E-state index in [1.807, 2.05) is 6.92 Å². The molecule has 0 fully saturated rings. The van der Waals surface area contributed by atoms with E-state index >= 15 is 0 Å². The van der Waals surface area contributed by atoms with E-state index in [2.05, 4.69) is 4.74 Å². The highest BCUT2D eigenvalue weighted by molar-refractivity contribution is 7.89. The van der Waals surface area contributed by atoms with Crippen LogP contribution in [0.1, 0.15) is 55.4 Å². The Balaban J connectivity index is -0.0000000479. The minimum Gasteiger partial charge on any atom is -0.469 e. The molecule has 0 bridgehead atoms. The van der Waals surface area contributed by atoms with Gasteiger partial charge in [0.2, 0.25) is 5.91 Å². The van der Waals surface area contributed by atoms with Crippen LogP contribution in [0.5, 0.6) is 0 Å². The summed E-state index contributed by atoms with van der Waals surface area (Å²) < 4.78 is 23.4. The summed E-state index contributed by atoms with van der Waals surface area (Å²) in [7, 11) is 2.13. The van der Waals surface area contributed by atoms with Crippen LogP contribution in [0.4, 0.5) is 0 Å². The van der Waals surface area contributed by atoms with Crippen molar-refractivity contribution < 1.29 is 32.3 Å². The van der Waals surface area contributed by atoms with E-state index in [4.69, 9.17) is 0 Å². The first-order valence-corrected chi connectivity index (χ1v) is 9.56. The van der Waals surface area contributed by atoms with Crippen LogP contribution in [0.25, 0.3) is 0 Å². The van der Waals surface area contributed by atoms with E-state index in [9.17, 15) is 27.6 Å². The zero-order valence-corrected chi connectivity index (χ0v) is 18.2. The Morgan fingerprint density at radius 2 is 1.00 bits per heavy atom. The van der Waals surface area contributed by atoms with Crippen LogP contribution in [0.2, 0.25) is 0 Å². The molecule has 0 aliphatic rings. The van der Waals surface area contributed by atoms with Crippen molar-refractivity contribution >= 4 is 33.3 Å². The topological polar surface area (TPSA) is 115 Å². The Kier molecular flexibility index (Phi) is 38.5. The quantitative estimate of drug-likeness (QED) is 0.618. The number of rotatable bonds is 1. The van der Waals surface area contributed by atoms with Gasteiger partial charge >= 0.3 is 5.97 Å². The van der Waals surface area contributed by atoms with Gasteiger partial charge < -0.3 is 19.2 Å². The minimum absolute atomic E-state index is 0. The Bertz CT molecular complexity index is 444. The van der Waals surface area contributed by atoms with Crippen molar-refractivity contribution in [1.29, 1.82) is 0 Å². The molecule has 0 N–H and O–H groups in total. The molecule has 0 aromatic rings. The van der Waals surface area contributed by atoms with Gasteiger partial charge in [0.15, 0.2) is 0 Å². The zero-order valence-electron chi connectivity index (χ0n) is 17.4. The summed E-state index contributed by atoms with van der Waals surface area (Å²) in [6.45, 7) is 9.38. The average Bonchev–Trinajstić information content (AvgIpc) is 2.37. The number of ether oxygens (including phenoxy) is 1. The lowest BCUT2D eigenvalue weighted by atomic mass is 10.4. The Morgan fingerprint density at radius 3 is 1.00 bits per heavy atom. The highest BCUT2D eigenvalue weighted by Crippen LogP contribution is 1.71. The summed E-state index contributed by atoms with van der Waals surface area (Å²) in [6, 6.07) is 0.